The van der Waals surface area contributed by atoms with Gasteiger partial charge in [0.1, 0.15) is 0 Å². The standard InChI is InChI=1S/Au.2ClH.H2O/h;2*1H;1H2/q+3;;;/p-1. The number of rotatable bonds is 0. The van der Waals surface area contributed by atoms with Gasteiger partial charge in [-0.05, 0) is 0 Å². The minimum Gasteiger partial charge on any atom is -1.00 e. The van der Waals surface area contributed by atoms with Gasteiger partial charge in [-0.15, -0.1) is 12.4 Å². The minimum atomic E-state index is 0. The molecule has 0 bridgehead atoms. The molecule has 0 aromatic rings. The molecule has 0 heterocycles. The van der Waals surface area contributed by atoms with Crippen LogP contribution in [0, 0.1) is 0 Å². The monoisotopic (exact) mass is 286 g/mol. The smallest absolute Gasteiger partial charge is 1.00 e. The Hall–Kier alpha value is 1.28. The minimum absolute atomic E-state index is 0. The summed E-state index contributed by atoms with van der Waals surface area (Å²) in [5, 5.41) is 0. The summed E-state index contributed by atoms with van der Waals surface area (Å²) >= 11 is 0. The molecular weight excluding hydrogens is 284 g/mol. The molecule has 0 radical (unpaired) electrons. The predicted molar refractivity (Wildman–Crippen MR) is 10.9 cm³/mol. The molecule has 4 heteroatoms. The summed E-state index contributed by atoms with van der Waals surface area (Å²) < 4.78 is 0. The first-order valence-electron chi connectivity index (χ1n) is 0. The maximum Gasteiger partial charge on any atom is 3.00 e. The molecule has 4 heavy (non-hydrogen) atoms. The van der Waals surface area contributed by atoms with E-state index in [1.54, 1.807) is 0 Å². The molecule has 0 aromatic carbocycles. The van der Waals surface area contributed by atoms with Crippen LogP contribution in [0.15, 0.2) is 0 Å². The Labute approximate surface area is 52.8 Å². The van der Waals surface area contributed by atoms with Crippen molar-refractivity contribution in [2.75, 3.05) is 0 Å². The summed E-state index contributed by atoms with van der Waals surface area (Å²) in [5.74, 6) is 0. The van der Waals surface area contributed by atoms with Crippen LogP contribution in [0.2, 0.25) is 0 Å². The van der Waals surface area contributed by atoms with Gasteiger partial charge in [0.25, 0.3) is 0 Å². The Morgan fingerprint density at radius 2 is 1.00 bits per heavy atom. The van der Waals surface area contributed by atoms with Crippen LogP contribution in [-0.4, -0.2) is 5.48 Å². The third-order valence-corrected chi connectivity index (χ3v) is 0. The SMILES string of the molecule is Cl.O.[Au+3].[Cl-]. The first-order chi connectivity index (χ1) is 0. The van der Waals surface area contributed by atoms with Crippen LogP contribution in [0.3, 0.4) is 0 Å². The Morgan fingerprint density at radius 3 is 1.00 bits per heavy atom. The molecule has 1 nitrogen and oxygen atoms in total. The van der Waals surface area contributed by atoms with E-state index in [4.69, 9.17) is 0 Å². The maximum absolute atomic E-state index is 0. The van der Waals surface area contributed by atoms with E-state index in [-0.39, 0.29) is 52.7 Å². The molecule has 0 unspecified atom stereocenters. The molecule has 0 saturated heterocycles. The fourth-order valence-electron chi connectivity index (χ4n) is 0. The van der Waals surface area contributed by atoms with Gasteiger partial charge in [0.15, 0.2) is 0 Å². The third-order valence-electron chi connectivity index (χ3n) is 0. The summed E-state index contributed by atoms with van der Waals surface area (Å²) in [6.07, 6.45) is 0. The van der Waals surface area contributed by atoms with Crippen molar-refractivity contribution >= 4 is 12.4 Å². The zero-order valence-electron chi connectivity index (χ0n) is 1.59. The second-order valence-electron chi connectivity index (χ2n) is 0. The van der Waals surface area contributed by atoms with Crippen molar-refractivity contribution in [3.8, 4) is 0 Å². The molecule has 0 spiro atoms. The van der Waals surface area contributed by atoms with Gasteiger partial charge in [-0.1, -0.05) is 0 Å². The Balaban J connectivity index is 0. The van der Waals surface area contributed by atoms with Crippen LogP contribution in [0.4, 0.5) is 0 Å². The Kier molecular flexibility index (Phi) is 415. The topological polar surface area (TPSA) is 31.5 Å². The van der Waals surface area contributed by atoms with E-state index in [1.807, 2.05) is 0 Å². The summed E-state index contributed by atoms with van der Waals surface area (Å²) in [6.45, 7) is 0. The first kappa shape index (κ1) is 59.0. The van der Waals surface area contributed by atoms with E-state index in [0.29, 0.717) is 0 Å². The second-order valence-corrected chi connectivity index (χ2v) is 0. The zero-order chi connectivity index (χ0) is 0. The van der Waals surface area contributed by atoms with Gasteiger partial charge in [0, 0.05) is 0 Å². The molecule has 0 fully saturated rings. The molecule has 0 rings (SSSR count). The van der Waals surface area contributed by atoms with Crippen LogP contribution >= 0.6 is 12.4 Å². The van der Waals surface area contributed by atoms with Gasteiger partial charge in [0.05, 0.1) is 0 Å². The second kappa shape index (κ2) is 28.1. The fraction of sp³-hybridized carbons (Fsp3) is 0. The normalized spacial score (nSPS) is 0. The van der Waals surface area contributed by atoms with Gasteiger partial charge in [-0.25, -0.2) is 0 Å². The van der Waals surface area contributed by atoms with Gasteiger partial charge < -0.3 is 17.9 Å². The molecule has 0 saturated carbocycles. The third kappa shape index (κ3) is 10.4. The largest absolute Gasteiger partial charge is 3.00 e. The fourth-order valence-corrected chi connectivity index (χ4v) is 0. The molecule has 0 aromatic heterocycles. The summed E-state index contributed by atoms with van der Waals surface area (Å²) in [5.41, 5.74) is 0. The van der Waals surface area contributed by atoms with E-state index in [2.05, 4.69) is 0 Å². The first-order valence-corrected chi connectivity index (χ1v) is 0. The van der Waals surface area contributed by atoms with Crippen molar-refractivity contribution in [1.82, 2.24) is 0 Å². The summed E-state index contributed by atoms with van der Waals surface area (Å²) in [6, 6.07) is 0. The molecule has 0 aliphatic rings. The average Bonchev–Trinajstić information content (AvgIpc) is 0. The van der Waals surface area contributed by atoms with Crippen molar-refractivity contribution in [2.45, 2.75) is 0 Å². The maximum atomic E-state index is 0. The van der Waals surface area contributed by atoms with Crippen molar-refractivity contribution in [2.24, 2.45) is 0 Å². The molecule has 32 valence electrons. The van der Waals surface area contributed by atoms with Gasteiger partial charge >= 0.3 is 22.4 Å². The van der Waals surface area contributed by atoms with Crippen molar-refractivity contribution in [1.29, 1.82) is 0 Å². The quantitative estimate of drug-likeness (QED) is 0.416. The van der Waals surface area contributed by atoms with Crippen molar-refractivity contribution in [3.63, 3.8) is 0 Å². The van der Waals surface area contributed by atoms with Gasteiger partial charge in [0.2, 0.25) is 0 Å². The molecule has 0 aliphatic carbocycles. The van der Waals surface area contributed by atoms with E-state index >= 15 is 0 Å². The molecule has 0 aliphatic heterocycles. The average molecular weight is 287 g/mol. The van der Waals surface area contributed by atoms with Crippen molar-refractivity contribution < 1.29 is 40.3 Å². The van der Waals surface area contributed by atoms with Gasteiger partial charge in [-0.3, -0.25) is 0 Å². The van der Waals surface area contributed by atoms with Crippen LogP contribution in [0.5, 0.6) is 0 Å². The van der Waals surface area contributed by atoms with Crippen LogP contribution < -0.4 is 12.4 Å². The molecule has 0 atom stereocenters. The summed E-state index contributed by atoms with van der Waals surface area (Å²) in [4.78, 5) is 0. The molecule has 2 N–H and O–H groups in total. The van der Waals surface area contributed by atoms with Crippen molar-refractivity contribution in [3.05, 3.63) is 0 Å². The van der Waals surface area contributed by atoms with Crippen LogP contribution in [0.25, 0.3) is 0 Å². The van der Waals surface area contributed by atoms with Gasteiger partial charge in [-0.2, -0.15) is 0 Å². The Bertz CT molecular complexity index is 6.00. The molecular formula is H3AuCl2O+2. The molecule has 0 amide bonds. The van der Waals surface area contributed by atoms with E-state index in [1.165, 1.54) is 0 Å². The Morgan fingerprint density at radius 1 is 1.00 bits per heavy atom. The number of hydrogen-bond acceptors (Lipinski definition) is 0. The van der Waals surface area contributed by atoms with Crippen LogP contribution in [0.1, 0.15) is 0 Å². The number of hydrogen-bond donors (Lipinski definition) is 0. The van der Waals surface area contributed by atoms with E-state index < -0.39 is 0 Å². The predicted octanol–water partition coefficient (Wildman–Crippen LogP) is -3.40. The van der Waals surface area contributed by atoms with E-state index in [0.717, 1.165) is 0 Å². The summed E-state index contributed by atoms with van der Waals surface area (Å²) in [7, 11) is 0. The van der Waals surface area contributed by atoms with Crippen LogP contribution in [-0.2, 0) is 22.4 Å². The number of halogens is 2. The van der Waals surface area contributed by atoms with E-state index in [9.17, 15) is 0 Å². The zero-order valence-corrected chi connectivity index (χ0v) is 5.33.